The van der Waals surface area contributed by atoms with Crippen LogP contribution in [-0.4, -0.2) is 24.9 Å². The van der Waals surface area contributed by atoms with Crippen molar-refractivity contribution in [3.8, 4) is 0 Å². The van der Waals surface area contributed by atoms with Crippen molar-refractivity contribution in [3.63, 3.8) is 0 Å². The summed E-state index contributed by atoms with van der Waals surface area (Å²) >= 11 is 0. The van der Waals surface area contributed by atoms with Gasteiger partial charge in [-0.3, -0.25) is 9.78 Å². The molecule has 0 aliphatic rings. The molecule has 0 aromatic carbocycles. The van der Waals surface area contributed by atoms with Crippen molar-refractivity contribution >= 4 is 5.97 Å². The van der Waals surface area contributed by atoms with E-state index in [0.717, 1.165) is 5.56 Å². The number of aromatic nitrogens is 1. The Morgan fingerprint density at radius 3 is 2.25 bits per heavy atom. The first kappa shape index (κ1) is 14.8. The van der Waals surface area contributed by atoms with Gasteiger partial charge in [-0.25, -0.2) is 0 Å². The van der Waals surface area contributed by atoms with Crippen LogP contribution in [0.3, 0.4) is 0 Å². The van der Waals surface area contributed by atoms with Gasteiger partial charge in [-0.05, 0) is 17.7 Å². The summed E-state index contributed by atoms with van der Waals surface area (Å²) < 4.78 is 35.0. The Morgan fingerprint density at radius 1 is 1.44 bits per heavy atom. The van der Waals surface area contributed by atoms with E-state index in [1.165, 1.54) is 6.92 Å². The molecule has 0 radical (unpaired) electrons. The van der Waals surface area contributed by atoms with Crippen LogP contribution < -0.4 is 4.66 Å². The van der Waals surface area contributed by atoms with E-state index in [-0.39, 0.29) is 5.97 Å². The summed E-state index contributed by atoms with van der Waals surface area (Å²) in [6.07, 6.45) is 3.33. The molecule has 1 aromatic heterocycles. The number of hydrogen-bond donors (Lipinski definition) is 3. The second-order valence-corrected chi connectivity index (χ2v) is 3.44. The van der Waals surface area contributed by atoms with Gasteiger partial charge in [0.2, 0.25) is 0 Å². The molecule has 0 bridgehead atoms. The van der Waals surface area contributed by atoms with Gasteiger partial charge in [0, 0.05) is 19.3 Å². The third kappa shape index (κ3) is 12.8. The summed E-state index contributed by atoms with van der Waals surface area (Å²) in [5.41, 5.74) is 0.954. The van der Waals surface area contributed by atoms with Crippen molar-refractivity contribution in [1.82, 2.24) is 4.98 Å². The van der Waals surface area contributed by atoms with Crippen LogP contribution in [0, 0.1) is 10.2 Å². The van der Waals surface area contributed by atoms with Crippen LogP contribution in [0.1, 0.15) is 12.5 Å². The first-order chi connectivity index (χ1) is 7.29. The molecule has 0 amide bonds. The molecule has 1 rings (SSSR count). The summed E-state index contributed by atoms with van der Waals surface area (Å²) in [6, 6.07) is 3.62. The Hall–Kier alpha value is -1.25. The maximum atomic E-state index is 10.4. The fourth-order valence-corrected chi connectivity index (χ4v) is 0.664. The second kappa shape index (κ2) is 7.09. The zero-order chi connectivity index (χ0) is 12.6. The molecule has 3 N–H and O–H groups in total. The molecular formula is C8H12ClNO6. The van der Waals surface area contributed by atoms with Gasteiger partial charge in [0.05, 0.1) is 0 Å². The van der Waals surface area contributed by atoms with Crippen LogP contribution in [0.5, 0.6) is 0 Å². The minimum atomic E-state index is -4.19. The van der Waals surface area contributed by atoms with Gasteiger partial charge in [0.15, 0.2) is 0 Å². The maximum absolute atomic E-state index is 10.4. The number of hydrogen-bond acceptors (Lipinski definition) is 7. The molecule has 0 aliphatic carbocycles. The van der Waals surface area contributed by atoms with Crippen molar-refractivity contribution < 1.29 is 38.4 Å². The number of carbonyl (C=O) groups excluding carboxylic acids is 1. The van der Waals surface area contributed by atoms with E-state index in [1.807, 2.05) is 12.1 Å². The van der Waals surface area contributed by atoms with Crippen LogP contribution in [0.4, 0.5) is 0 Å². The predicted octanol–water partition coefficient (Wildman–Crippen LogP) is -1.72. The number of rotatable bonds is 2. The predicted molar refractivity (Wildman–Crippen MR) is 46.4 cm³/mol. The van der Waals surface area contributed by atoms with E-state index >= 15 is 0 Å². The molecule has 0 spiro atoms. The molecule has 16 heavy (non-hydrogen) atoms. The van der Waals surface area contributed by atoms with Gasteiger partial charge < -0.3 is 4.74 Å². The van der Waals surface area contributed by atoms with Crippen LogP contribution in [0.2, 0.25) is 0 Å². The number of carbonyl (C=O) groups is 1. The molecule has 0 atom stereocenters. The average molecular weight is 254 g/mol. The molecule has 0 unspecified atom stereocenters. The quantitative estimate of drug-likeness (QED) is 0.536. The van der Waals surface area contributed by atoms with Gasteiger partial charge in [0.25, 0.3) is 0 Å². The Bertz CT molecular complexity index is 306. The van der Waals surface area contributed by atoms with Gasteiger partial charge in [0.1, 0.15) is 6.61 Å². The van der Waals surface area contributed by atoms with E-state index in [9.17, 15) is 4.79 Å². The molecule has 0 fully saturated rings. The van der Waals surface area contributed by atoms with E-state index in [2.05, 4.69) is 4.98 Å². The molecule has 8 heteroatoms. The first-order valence-electron chi connectivity index (χ1n) is 3.97. The first-order valence-corrected chi connectivity index (χ1v) is 5.30. The Morgan fingerprint density at radius 2 is 1.88 bits per heavy atom. The van der Waals surface area contributed by atoms with Crippen molar-refractivity contribution in [2.75, 3.05) is 0 Å². The average Bonchev–Trinajstić information content (AvgIpc) is 2.14. The number of esters is 1. The van der Waals surface area contributed by atoms with Crippen molar-refractivity contribution in [2.24, 2.45) is 0 Å². The number of ether oxygens (including phenoxy) is 1. The van der Waals surface area contributed by atoms with Crippen molar-refractivity contribution in [2.45, 2.75) is 13.5 Å². The Balaban J connectivity index is 0.000000385. The summed E-state index contributed by atoms with van der Waals surface area (Å²) in [5, 5.41) is 0. The SMILES string of the molecule is CC(=O)OCc1ccncc1.[O-][Cl+](O)(O)O. The standard InChI is InChI=1S/C8H9NO2.ClH3O4/c1-7(10)11-6-8-2-4-9-5-3-8;2-1(3,4)5/h2-5H,6H2,1H3;2-4H. The zero-order valence-corrected chi connectivity index (χ0v) is 9.16. The molecule has 92 valence electrons. The van der Waals surface area contributed by atoms with Crippen LogP contribution >= 0.6 is 0 Å². The van der Waals surface area contributed by atoms with Crippen LogP contribution in [0.15, 0.2) is 24.5 Å². The molecule has 7 nitrogen and oxygen atoms in total. The summed E-state index contributed by atoms with van der Waals surface area (Å²) in [6.45, 7) is 1.72. The Labute approximate surface area is 93.7 Å². The summed E-state index contributed by atoms with van der Waals surface area (Å²) in [7, 11) is -4.19. The normalized spacial score (nSPS) is 11.1. The molecule has 1 aromatic rings. The van der Waals surface area contributed by atoms with Gasteiger partial charge in [-0.2, -0.15) is 0 Å². The molecule has 1 heterocycles. The third-order valence-corrected chi connectivity index (χ3v) is 1.19. The second-order valence-electron chi connectivity index (χ2n) is 2.57. The molecule has 0 saturated carbocycles. The molecule has 0 aliphatic heterocycles. The van der Waals surface area contributed by atoms with E-state index in [1.54, 1.807) is 12.4 Å². The van der Waals surface area contributed by atoms with E-state index in [4.69, 9.17) is 23.4 Å². The van der Waals surface area contributed by atoms with E-state index < -0.39 is 10.2 Å². The Kier molecular flexibility index (Phi) is 6.54. The van der Waals surface area contributed by atoms with Gasteiger partial charge in [-0.15, -0.1) is 0 Å². The fourth-order valence-electron chi connectivity index (χ4n) is 0.664. The third-order valence-electron chi connectivity index (χ3n) is 1.19. The van der Waals surface area contributed by atoms with Gasteiger partial charge >= 0.3 is 34.8 Å². The summed E-state index contributed by atoms with van der Waals surface area (Å²) in [5.74, 6) is -0.262. The van der Waals surface area contributed by atoms with Crippen molar-refractivity contribution in [3.05, 3.63) is 30.1 Å². The number of nitrogens with zero attached hydrogens (tertiary/aromatic N) is 1. The van der Waals surface area contributed by atoms with E-state index in [0.29, 0.717) is 6.61 Å². The number of pyridine rings is 1. The van der Waals surface area contributed by atoms with Gasteiger partial charge in [-0.1, -0.05) is 0 Å². The fraction of sp³-hybridized carbons (Fsp3) is 0.250. The van der Waals surface area contributed by atoms with Crippen LogP contribution in [0.25, 0.3) is 0 Å². The number of halogens is 1. The molecule has 0 saturated heterocycles. The topological polar surface area (TPSA) is 123 Å². The van der Waals surface area contributed by atoms with Crippen molar-refractivity contribution in [1.29, 1.82) is 0 Å². The minimum absolute atomic E-state index is 0.262. The molecular weight excluding hydrogens is 242 g/mol. The van der Waals surface area contributed by atoms with Crippen LogP contribution in [-0.2, 0) is 16.1 Å². The zero-order valence-electron chi connectivity index (χ0n) is 8.41. The summed E-state index contributed by atoms with van der Waals surface area (Å²) in [4.78, 5) is 14.2. The monoisotopic (exact) mass is 253 g/mol.